The average Bonchev–Trinajstić information content (AvgIpc) is 3.21. The second-order valence-electron chi connectivity index (χ2n) is 8.78. The summed E-state index contributed by atoms with van der Waals surface area (Å²) < 4.78 is 0. The van der Waals surface area contributed by atoms with Gasteiger partial charge in [-0.3, -0.25) is 19.7 Å². The van der Waals surface area contributed by atoms with E-state index in [2.05, 4.69) is 5.32 Å². The molecule has 7 nitrogen and oxygen atoms in total. The second-order valence-corrected chi connectivity index (χ2v) is 9.19. The van der Waals surface area contributed by atoms with Crippen molar-refractivity contribution in [2.45, 2.75) is 45.4 Å². The van der Waals surface area contributed by atoms with Gasteiger partial charge in [-0.2, -0.15) is 0 Å². The number of fused-ring (bicyclic) bond motifs is 1. The van der Waals surface area contributed by atoms with E-state index < -0.39 is 47.3 Å². The van der Waals surface area contributed by atoms with Crippen LogP contribution in [0.25, 0.3) is 0 Å². The van der Waals surface area contributed by atoms with Crippen molar-refractivity contribution >= 4 is 35.1 Å². The van der Waals surface area contributed by atoms with Crippen molar-refractivity contribution in [2.75, 3.05) is 4.90 Å². The third kappa shape index (κ3) is 3.07. The molecule has 168 valence electrons. The van der Waals surface area contributed by atoms with Gasteiger partial charge in [0.15, 0.2) is 5.54 Å². The van der Waals surface area contributed by atoms with Gasteiger partial charge in [-0.1, -0.05) is 41.4 Å². The summed E-state index contributed by atoms with van der Waals surface area (Å²) in [5.41, 5.74) is 1.59. The van der Waals surface area contributed by atoms with Gasteiger partial charge in [-0.05, 0) is 56.5 Å². The summed E-state index contributed by atoms with van der Waals surface area (Å²) in [7, 11) is 0. The minimum atomic E-state index is -2.01. The number of aliphatic hydroxyl groups excluding tert-OH is 1. The zero-order chi connectivity index (χ0) is 23.5. The topological polar surface area (TPSA) is 107 Å². The standard InChI is InChI=1S/C24H25ClN2O5/c1-11-5-6-12(2)16(9-11)20-18-19(24(26-20,14(4)28)23(31)32)22(30)27(21(18)29)15-8-7-13(3)17(25)10-15/h5-10,14,18-20,26,28H,1-4H3,(H,31,32). The molecule has 0 aliphatic carbocycles. The highest BCUT2D eigenvalue weighted by Crippen LogP contribution is 2.51. The van der Waals surface area contributed by atoms with Crippen molar-refractivity contribution in [3.63, 3.8) is 0 Å². The molecule has 5 unspecified atom stereocenters. The summed E-state index contributed by atoms with van der Waals surface area (Å²) in [6, 6.07) is 9.78. The molecule has 0 spiro atoms. The maximum atomic E-state index is 13.7. The summed E-state index contributed by atoms with van der Waals surface area (Å²) in [4.78, 5) is 40.8. The molecule has 2 aliphatic heterocycles. The average molecular weight is 457 g/mol. The number of rotatable bonds is 4. The summed E-state index contributed by atoms with van der Waals surface area (Å²) >= 11 is 6.23. The molecule has 2 fully saturated rings. The van der Waals surface area contributed by atoms with Crippen molar-refractivity contribution < 1.29 is 24.6 Å². The Kier molecular flexibility index (Phi) is 5.40. The van der Waals surface area contributed by atoms with E-state index in [4.69, 9.17) is 11.6 Å². The zero-order valence-corrected chi connectivity index (χ0v) is 19.0. The number of hydrogen-bond acceptors (Lipinski definition) is 5. The monoisotopic (exact) mass is 456 g/mol. The first-order chi connectivity index (χ1) is 15.0. The quantitative estimate of drug-likeness (QED) is 0.611. The summed E-state index contributed by atoms with van der Waals surface area (Å²) in [6.45, 7) is 6.90. The molecule has 0 radical (unpaired) electrons. The predicted octanol–water partition coefficient (Wildman–Crippen LogP) is 2.92. The lowest BCUT2D eigenvalue weighted by molar-refractivity contribution is -0.154. The number of carbonyl (C=O) groups excluding carboxylic acids is 2. The van der Waals surface area contributed by atoms with E-state index in [-0.39, 0.29) is 5.69 Å². The fraction of sp³-hybridized carbons (Fsp3) is 0.375. The van der Waals surface area contributed by atoms with Gasteiger partial charge >= 0.3 is 5.97 Å². The zero-order valence-electron chi connectivity index (χ0n) is 18.2. The lowest BCUT2D eigenvalue weighted by Crippen LogP contribution is -2.62. The Hall–Kier alpha value is -2.74. The first kappa shape index (κ1) is 22.5. The number of carboxylic acids is 1. The van der Waals surface area contributed by atoms with Gasteiger partial charge in [0.1, 0.15) is 0 Å². The van der Waals surface area contributed by atoms with Gasteiger partial charge in [-0.25, -0.2) is 4.90 Å². The van der Waals surface area contributed by atoms with Gasteiger partial charge in [0.05, 0.1) is 23.6 Å². The first-order valence-corrected chi connectivity index (χ1v) is 10.8. The van der Waals surface area contributed by atoms with Gasteiger partial charge in [0.2, 0.25) is 11.8 Å². The maximum absolute atomic E-state index is 13.7. The van der Waals surface area contributed by atoms with E-state index in [1.165, 1.54) is 13.0 Å². The number of carbonyl (C=O) groups is 3. The summed E-state index contributed by atoms with van der Waals surface area (Å²) in [5.74, 6) is -4.82. The molecule has 2 aromatic rings. The molecule has 0 aromatic heterocycles. The molecule has 2 heterocycles. The number of aliphatic carboxylic acids is 1. The number of nitrogens with one attached hydrogen (secondary N) is 1. The Labute approximate surface area is 191 Å². The Balaban J connectivity index is 1.91. The van der Waals surface area contributed by atoms with Crippen LogP contribution in [0.1, 0.15) is 35.2 Å². The van der Waals surface area contributed by atoms with Crippen molar-refractivity contribution in [1.82, 2.24) is 5.32 Å². The minimum Gasteiger partial charge on any atom is -0.480 e. The van der Waals surface area contributed by atoms with Crippen molar-refractivity contribution in [3.8, 4) is 0 Å². The van der Waals surface area contributed by atoms with Crippen molar-refractivity contribution in [1.29, 1.82) is 0 Å². The number of amides is 2. The van der Waals surface area contributed by atoms with E-state index >= 15 is 0 Å². The molecule has 32 heavy (non-hydrogen) atoms. The normalized spacial score (nSPS) is 28.2. The number of halogens is 1. The Bertz CT molecular complexity index is 1150. The van der Waals surface area contributed by atoms with Crippen LogP contribution in [0.3, 0.4) is 0 Å². The molecule has 4 rings (SSSR count). The lowest BCUT2D eigenvalue weighted by Gasteiger charge is -2.33. The van der Waals surface area contributed by atoms with Gasteiger partial charge in [0, 0.05) is 11.1 Å². The highest BCUT2D eigenvalue weighted by Gasteiger charge is 2.70. The highest BCUT2D eigenvalue weighted by atomic mass is 35.5. The minimum absolute atomic E-state index is 0.287. The number of aryl methyl sites for hydroxylation is 3. The van der Waals surface area contributed by atoms with Crippen molar-refractivity contribution in [2.24, 2.45) is 11.8 Å². The Morgan fingerprint density at radius 3 is 2.34 bits per heavy atom. The van der Waals surface area contributed by atoms with E-state index in [0.29, 0.717) is 5.02 Å². The molecule has 2 aliphatic rings. The molecule has 5 atom stereocenters. The second kappa shape index (κ2) is 7.69. The molecule has 8 heteroatoms. The molecule has 2 saturated heterocycles. The smallest absolute Gasteiger partial charge is 0.327 e. The molecule has 3 N–H and O–H groups in total. The van der Waals surface area contributed by atoms with Crippen LogP contribution >= 0.6 is 11.6 Å². The third-order valence-electron chi connectivity index (χ3n) is 6.79. The number of benzene rings is 2. The van der Waals surface area contributed by atoms with Gasteiger partial charge in [0.25, 0.3) is 0 Å². The highest BCUT2D eigenvalue weighted by molar-refractivity contribution is 6.32. The SMILES string of the molecule is Cc1ccc(C)c(C2NC(C(=O)O)(C(C)O)C3C(=O)N(c4ccc(C)c(Cl)c4)C(=O)C23)c1. The van der Waals surface area contributed by atoms with Gasteiger partial charge in [-0.15, -0.1) is 0 Å². The number of nitrogens with zero attached hydrogens (tertiary/aromatic N) is 1. The number of imide groups is 1. The number of aliphatic hydroxyl groups is 1. The lowest BCUT2D eigenvalue weighted by atomic mass is 9.76. The fourth-order valence-electron chi connectivity index (χ4n) is 5.04. The van der Waals surface area contributed by atoms with Crippen LogP contribution in [0.5, 0.6) is 0 Å². The Morgan fingerprint density at radius 1 is 1.09 bits per heavy atom. The van der Waals surface area contributed by atoms with Gasteiger partial charge < -0.3 is 10.2 Å². The van der Waals surface area contributed by atoms with E-state index in [0.717, 1.165) is 27.2 Å². The van der Waals surface area contributed by atoms with E-state index in [1.54, 1.807) is 19.1 Å². The molecular formula is C24H25ClN2O5. The molecule has 0 saturated carbocycles. The summed E-state index contributed by atoms with van der Waals surface area (Å²) in [6.07, 6.45) is -1.43. The largest absolute Gasteiger partial charge is 0.480 e. The third-order valence-corrected chi connectivity index (χ3v) is 7.20. The molecule has 2 amide bonds. The van der Waals surface area contributed by atoms with Crippen LogP contribution in [0.2, 0.25) is 5.02 Å². The first-order valence-electron chi connectivity index (χ1n) is 10.4. The fourth-order valence-corrected chi connectivity index (χ4v) is 5.21. The summed E-state index contributed by atoms with van der Waals surface area (Å²) in [5, 5.41) is 24.2. The number of carboxylic acid groups (broad SMARTS) is 1. The van der Waals surface area contributed by atoms with Crippen LogP contribution in [0, 0.1) is 32.6 Å². The Morgan fingerprint density at radius 2 is 1.75 bits per heavy atom. The van der Waals surface area contributed by atoms with Crippen molar-refractivity contribution in [3.05, 3.63) is 63.7 Å². The van der Waals surface area contributed by atoms with Crippen LogP contribution in [-0.4, -0.2) is 39.6 Å². The van der Waals surface area contributed by atoms with Crippen LogP contribution in [0.15, 0.2) is 36.4 Å². The molecule has 0 bridgehead atoms. The van der Waals surface area contributed by atoms with E-state index in [1.807, 2.05) is 32.0 Å². The van der Waals surface area contributed by atoms with Crippen LogP contribution in [-0.2, 0) is 14.4 Å². The maximum Gasteiger partial charge on any atom is 0.327 e. The molecular weight excluding hydrogens is 432 g/mol. The molecule has 2 aromatic carbocycles. The number of hydrogen-bond donors (Lipinski definition) is 3. The van der Waals surface area contributed by atoms with Crippen LogP contribution in [0.4, 0.5) is 5.69 Å². The van der Waals surface area contributed by atoms with E-state index in [9.17, 15) is 24.6 Å². The number of anilines is 1. The predicted molar refractivity (Wildman–Crippen MR) is 120 cm³/mol. The van der Waals surface area contributed by atoms with Crippen LogP contribution < -0.4 is 10.2 Å².